The summed E-state index contributed by atoms with van der Waals surface area (Å²) in [6, 6.07) is -0.0203. The highest BCUT2D eigenvalue weighted by Crippen LogP contribution is 2.50. The van der Waals surface area contributed by atoms with Crippen LogP contribution >= 0.6 is 0 Å². The Bertz CT molecular complexity index is 596. The molecule has 3 rings (SSSR count). The molecule has 0 aromatic heterocycles. The Morgan fingerprint density at radius 1 is 1.14 bits per heavy atom. The maximum absolute atomic E-state index is 12.9. The zero-order valence-electron chi connectivity index (χ0n) is 17.8. The van der Waals surface area contributed by atoms with Crippen molar-refractivity contribution >= 4 is 17.7 Å². The van der Waals surface area contributed by atoms with Crippen LogP contribution in [0.5, 0.6) is 0 Å². The summed E-state index contributed by atoms with van der Waals surface area (Å²) in [5.74, 6) is 0.564. The third kappa shape index (κ3) is 4.69. The van der Waals surface area contributed by atoms with Crippen molar-refractivity contribution in [3.05, 3.63) is 0 Å². The number of nitrogens with zero attached hydrogens (tertiary/aromatic N) is 2. The molecule has 1 saturated heterocycles. The van der Waals surface area contributed by atoms with E-state index in [1.807, 2.05) is 18.9 Å². The zero-order chi connectivity index (χ0) is 20.3. The van der Waals surface area contributed by atoms with Gasteiger partial charge in [-0.25, -0.2) is 0 Å². The molecule has 6 nitrogen and oxygen atoms in total. The van der Waals surface area contributed by atoms with Crippen LogP contribution in [0, 0.1) is 11.3 Å². The Kier molecular flexibility index (Phi) is 6.66. The lowest BCUT2D eigenvalue weighted by Gasteiger charge is -2.32. The van der Waals surface area contributed by atoms with Gasteiger partial charge >= 0.3 is 0 Å². The predicted octanol–water partition coefficient (Wildman–Crippen LogP) is 2.71. The van der Waals surface area contributed by atoms with Gasteiger partial charge in [-0.05, 0) is 51.9 Å². The van der Waals surface area contributed by atoms with E-state index in [0.717, 1.165) is 64.3 Å². The van der Waals surface area contributed by atoms with Gasteiger partial charge in [-0.2, -0.15) is 0 Å². The average Bonchev–Trinajstić information content (AvgIpc) is 3.06. The van der Waals surface area contributed by atoms with E-state index >= 15 is 0 Å². The van der Waals surface area contributed by atoms with E-state index in [4.69, 9.17) is 0 Å². The van der Waals surface area contributed by atoms with Crippen LogP contribution in [0.3, 0.4) is 0 Å². The number of amides is 3. The molecule has 1 aliphatic heterocycles. The van der Waals surface area contributed by atoms with Crippen molar-refractivity contribution in [2.24, 2.45) is 11.3 Å². The van der Waals surface area contributed by atoms with Gasteiger partial charge < -0.3 is 15.1 Å². The van der Waals surface area contributed by atoms with Crippen molar-refractivity contribution in [2.45, 2.75) is 90.1 Å². The number of hydrogen-bond donors (Lipinski definition) is 1. The highest BCUT2D eigenvalue weighted by Gasteiger charge is 2.51. The molecule has 2 saturated carbocycles. The Hall–Kier alpha value is -1.59. The molecule has 0 radical (unpaired) electrons. The number of hydrogen-bond acceptors (Lipinski definition) is 3. The molecule has 2 aliphatic carbocycles. The standard InChI is InChI=1S/C22H37N3O3/c1-4-22(11-12-22)21(28)25-13-7-10-18(25)15-24(3)19(26)14-16(2)23-20(27)17-8-5-6-9-17/h16-18H,4-15H2,1-3H3,(H,23,27). The number of carbonyl (C=O) groups excluding carboxylic acids is 3. The summed E-state index contributed by atoms with van der Waals surface area (Å²) in [5.41, 5.74) is -0.107. The molecule has 0 aromatic carbocycles. The van der Waals surface area contributed by atoms with Crippen molar-refractivity contribution in [3.63, 3.8) is 0 Å². The Labute approximate surface area is 169 Å². The van der Waals surface area contributed by atoms with Crippen LogP contribution in [0.25, 0.3) is 0 Å². The molecular formula is C22H37N3O3. The van der Waals surface area contributed by atoms with Gasteiger partial charge in [0.15, 0.2) is 0 Å². The zero-order valence-corrected chi connectivity index (χ0v) is 17.8. The van der Waals surface area contributed by atoms with Crippen molar-refractivity contribution in [1.82, 2.24) is 15.1 Å². The second-order valence-corrected chi connectivity index (χ2v) is 9.30. The minimum absolute atomic E-state index is 0.0372. The fourth-order valence-electron chi connectivity index (χ4n) is 4.90. The van der Waals surface area contributed by atoms with E-state index in [9.17, 15) is 14.4 Å². The summed E-state index contributed by atoms with van der Waals surface area (Å²) < 4.78 is 0. The fourth-order valence-corrected chi connectivity index (χ4v) is 4.90. The smallest absolute Gasteiger partial charge is 0.229 e. The number of nitrogens with one attached hydrogen (secondary N) is 1. The maximum Gasteiger partial charge on any atom is 0.229 e. The number of likely N-dealkylation sites (tertiary alicyclic amines) is 1. The van der Waals surface area contributed by atoms with E-state index in [0.29, 0.717) is 18.9 Å². The molecule has 3 amide bonds. The molecule has 2 unspecified atom stereocenters. The van der Waals surface area contributed by atoms with Gasteiger partial charge in [0.25, 0.3) is 0 Å². The van der Waals surface area contributed by atoms with E-state index in [1.165, 1.54) is 0 Å². The molecule has 6 heteroatoms. The third-order valence-electron chi connectivity index (χ3n) is 7.13. The van der Waals surface area contributed by atoms with E-state index in [2.05, 4.69) is 12.2 Å². The van der Waals surface area contributed by atoms with Crippen molar-refractivity contribution < 1.29 is 14.4 Å². The van der Waals surface area contributed by atoms with Crippen LogP contribution in [0.1, 0.15) is 78.1 Å². The number of rotatable bonds is 8. The first kappa shape index (κ1) is 21.1. The van der Waals surface area contributed by atoms with Crippen molar-refractivity contribution in [3.8, 4) is 0 Å². The highest BCUT2D eigenvalue weighted by molar-refractivity contribution is 5.86. The second-order valence-electron chi connectivity index (χ2n) is 9.30. The average molecular weight is 392 g/mol. The number of likely N-dealkylation sites (N-methyl/N-ethyl adjacent to an activating group) is 1. The van der Waals surface area contributed by atoms with Crippen molar-refractivity contribution in [1.29, 1.82) is 0 Å². The van der Waals surface area contributed by atoms with Gasteiger partial charge in [0.05, 0.1) is 0 Å². The Balaban J connectivity index is 1.46. The first-order valence-corrected chi connectivity index (χ1v) is 11.2. The molecule has 2 atom stereocenters. The van der Waals surface area contributed by atoms with E-state index in [-0.39, 0.29) is 35.2 Å². The lowest BCUT2D eigenvalue weighted by molar-refractivity contribution is -0.140. The van der Waals surface area contributed by atoms with Gasteiger partial charge in [0.1, 0.15) is 0 Å². The molecule has 1 heterocycles. The summed E-state index contributed by atoms with van der Waals surface area (Å²) in [4.78, 5) is 41.6. The summed E-state index contributed by atoms with van der Waals surface area (Å²) >= 11 is 0. The summed E-state index contributed by atoms with van der Waals surface area (Å²) in [6.45, 7) is 5.42. The highest BCUT2D eigenvalue weighted by atomic mass is 16.2. The molecule has 1 N–H and O–H groups in total. The monoisotopic (exact) mass is 391 g/mol. The van der Waals surface area contributed by atoms with Crippen LogP contribution < -0.4 is 5.32 Å². The van der Waals surface area contributed by atoms with Gasteiger partial charge in [-0.3, -0.25) is 14.4 Å². The molecule has 3 aliphatic rings. The lowest BCUT2D eigenvalue weighted by Crippen LogP contribution is -2.47. The molecule has 3 fully saturated rings. The topological polar surface area (TPSA) is 69.7 Å². The predicted molar refractivity (Wildman–Crippen MR) is 109 cm³/mol. The van der Waals surface area contributed by atoms with Crippen LogP contribution in [0.2, 0.25) is 0 Å². The van der Waals surface area contributed by atoms with Gasteiger partial charge in [0.2, 0.25) is 17.7 Å². The summed E-state index contributed by atoms with van der Waals surface area (Å²) in [5, 5.41) is 3.01. The maximum atomic E-state index is 12.9. The Morgan fingerprint density at radius 2 is 1.82 bits per heavy atom. The molecular weight excluding hydrogens is 354 g/mol. The Morgan fingerprint density at radius 3 is 2.43 bits per heavy atom. The quantitative estimate of drug-likeness (QED) is 0.692. The SMILES string of the molecule is CCC1(C(=O)N2CCCC2CN(C)C(=O)CC(C)NC(=O)C2CCCC2)CC1. The van der Waals surface area contributed by atoms with Crippen molar-refractivity contribution in [2.75, 3.05) is 20.1 Å². The second kappa shape index (κ2) is 8.83. The lowest BCUT2D eigenvalue weighted by atomic mass is 10.0. The minimum Gasteiger partial charge on any atom is -0.353 e. The van der Waals surface area contributed by atoms with Gasteiger partial charge in [-0.1, -0.05) is 19.8 Å². The molecule has 158 valence electrons. The van der Waals surface area contributed by atoms with E-state index in [1.54, 1.807) is 4.90 Å². The summed E-state index contributed by atoms with van der Waals surface area (Å²) in [6.07, 6.45) is 9.44. The fraction of sp³-hybridized carbons (Fsp3) is 0.864. The molecule has 0 spiro atoms. The van der Waals surface area contributed by atoms with Crippen LogP contribution in [0.15, 0.2) is 0 Å². The number of carbonyl (C=O) groups is 3. The van der Waals surface area contributed by atoms with Crippen LogP contribution in [-0.2, 0) is 14.4 Å². The third-order valence-corrected chi connectivity index (χ3v) is 7.13. The van der Waals surface area contributed by atoms with Gasteiger partial charge in [0, 0.05) is 50.0 Å². The first-order chi connectivity index (χ1) is 13.4. The first-order valence-electron chi connectivity index (χ1n) is 11.2. The van der Waals surface area contributed by atoms with Crippen LogP contribution in [-0.4, -0.2) is 59.7 Å². The van der Waals surface area contributed by atoms with E-state index < -0.39 is 0 Å². The largest absolute Gasteiger partial charge is 0.353 e. The molecule has 0 bridgehead atoms. The van der Waals surface area contributed by atoms with Gasteiger partial charge in [-0.15, -0.1) is 0 Å². The molecule has 28 heavy (non-hydrogen) atoms. The summed E-state index contributed by atoms with van der Waals surface area (Å²) in [7, 11) is 1.82. The molecule has 0 aromatic rings. The van der Waals surface area contributed by atoms with Crippen LogP contribution in [0.4, 0.5) is 0 Å². The normalized spacial score (nSPS) is 24.8. The minimum atomic E-state index is -0.154.